The van der Waals surface area contributed by atoms with Crippen molar-refractivity contribution >= 4 is 0 Å². The molecule has 1 heterocycles. The summed E-state index contributed by atoms with van der Waals surface area (Å²) in [4.78, 5) is 0. The standard InChI is InChI=1S/C20H25NO/c1-15-11-16(2)13-17(12-15)14-22-19-9-6-10-21-20(19)18-7-4-3-5-8-18/h3-5,7-8,11-13,19-21H,6,9-10,14H2,1-2H3/t19-,20-/m1/s1. The van der Waals surface area contributed by atoms with E-state index < -0.39 is 0 Å². The Balaban J connectivity index is 1.69. The molecule has 1 fully saturated rings. The van der Waals surface area contributed by atoms with Crippen molar-refractivity contribution in [3.8, 4) is 0 Å². The van der Waals surface area contributed by atoms with Crippen LogP contribution in [-0.4, -0.2) is 12.6 Å². The number of ether oxygens (including phenoxy) is 1. The Morgan fingerprint density at radius 1 is 1.05 bits per heavy atom. The fourth-order valence-electron chi connectivity index (χ4n) is 3.39. The number of piperidine rings is 1. The van der Waals surface area contributed by atoms with Crippen molar-refractivity contribution in [3.63, 3.8) is 0 Å². The van der Waals surface area contributed by atoms with Gasteiger partial charge in [0, 0.05) is 0 Å². The van der Waals surface area contributed by atoms with Gasteiger partial charge in [-0.1, -0.05) is 59.7 Å². The molecular formula is C20H25NO. The maximum absolute atomic E-state index is 6.28. The molecule has 116 valence electrons. The molecule has 22 heavy (non-hydrogen) atoms. The van der Waals surface area contributed by atoms with Gasteiger partial charge in [0.05, 0.1) is 18.8 Å². The highest BCUT2D eigenvalue weighted by Gasteiger charge is 2.26. The number of nitrogens with one attached hydrogen (secondary N) is 1. The first-order valence-corrected chi connectivity index (χ1v) is 8.19. The summed E-state index contributed by atoms with van der Waals surface area (Å²) in [6.07, 6.45) is 2.55. The lowest BCUT2D eigenvalue weighted by atomic mass is 9.94. The SMILES string of the molecule is Cc1cc(C)cc(CO[C@@H]2CCCN[C@@H]2c2ccccc2)c1. The zero-order chi connectivity index (χ0) is 15.4. The maximum Gasteiger partial charge on any atom is 0.0774 e. The summed E-state index contributed by atoms with van der Waals surface area (Å²) in [5.74, 6) is 0. The van der Waals surface area contributed by atoms with E-state index in [0.717, 1.165) is 13.0 Å². The minimum Gasteiger partial charge on any atom is -0.372 e. The predicted molar refractivity (Wildman–Crippen MR) is 90.9 cm³/mol. The van der Waals surface area contributed by atoms with E-state index in [9.17, 15) is 0 Å². The van der Waals surface area contributed by atoms with Crippen molar-refractivity contribution in [2.75, 3.05) is 6.54 Å². The van der Waals surface area contributed by atoms with Crippen molar-refractivity contribution < 1.29 is 4.74 Å². The van der Waals surface area contributed by atoms with Crippen molar-refractivity contribution in [1.82, 2.24) is 5.32 Å². The molecule has 0 amide bonds. The third kappa shape index (κ3) is 3.76. The Bertz CT molecular complexity index is 588. The van der Waals surface area contributed by atoms with Crippen LogP contribution in [0.4, 0.5) is 0 Å². The Morgan fingerprint density at radius 3 is 2.50 bits per heavy atom. The molecular weight excluding hydrogens is 270 g/mol. The molecule has 0 saturated carbocycles. The fraction of sp³-hybridized carbons (Fsp3) is 0.400. The van der Waals surface area contributed by atoms with Crippen LogP contribution in [0, 0.1) is 13.8 Å². The highest BCUT2D eigenvalue weighted by atomic mass is 16.5. The monoisotopic (exact) mass is 295 g/mol. The molecule has 1 aliphatic heterocycles. The molecule has 0 aromatic heterocycles. The van der Waals surface area contributed by atoms with E-state index in [1.165, 1.54) is 28.7 Å². The smallest absolute Gasteiger partial charge is 0.0774 e. The molecule has 1 saturated heterocycles. The Labute approximate surface area is 133 Å². The summed E-state index contributed by atoms with van der Waals surface area (Å²) in [6, 6.07) is 17.6. The summed E-state index contributed by atoms with van der Waals surface area (Å²) in [5.41, 5.74) is 5.21. The summed E-state index contributed by atoms with van der Waals surface area (Å²) < 4.78 is 6.28. The zero-order valence-electron chi connectivity index (χ0n) is 13.5. The minimum atomic E-state index is 0.247. The molecule has 2 aromatic carbocycles. The molecule has 1 N–H and O–H groups in total. The highest BCUT2D eigenvalue weighted by molar-refractivity contribution is 5.28. The molecule has 2 nitrogen and oxygen atoms in total. The van der Waals surface area contributed by atoms with Crippen molar-refractivity contribution in [2.24, 2.45) is 0 Å². The Hall–Kier alpha value is -1.64. The average molecular weight is 295 g/mol. The quantitative estimate of drug-likeness (QED) is 0.907. The third-order valence-electron chi connectivity index (χ3n) is 4.31. The predicted octanol–water partition coefficient (Wildman–Crippen LogP) is 4.31. The molecule has 0 bridgehead atoms. The fourth-order valence-corrected chi connectivity index (χ4v) is 3.39. The second kappa shape index (κ2) is 7.08. The van der Waals surface area contributed by atoms with Gasteiger partial charge in [0.15, 0.2) is 0 Å². The molecule has 2 aromatic rings. The summed E-state index contributed by atoms with van der Waals surface area (Å²) in [6.45, 7) is 6.05. The second-order valence-electron chi connectivity index (χ2n) is 6.33. The zero-order valence-corrected chi connectivity index (χ0v) is 13.5. The van der Waals surface area contributed by atoms with Crippen LogP contribution in [0.2, 0.25) is 0 Å². The third-order valence-corrected chi connectivity index (χ3v) is 4.31. The molecule has 2 heteroatoms. The minimum absolute atomic E-state index is 0.247. The van der Waals surface area contributed by atoms with Crippen LogP contribution in [0.15, 0.2) is 48.5 Å². The first kappa shape index (κ1) is 15.3. The van der Waals surface area contributed by atoms with Crippen molar-refractivity contribution in [3.05, 3.63) is 70.8 Å². The number of hydrogen-bond donors (Lipinski definition) is 1. The van der Waals surface area contributed by atoms with Gasteiger partial charge in [-0.3, -0.25) is 0 Å². The first-order chi connectivity index (χ1) is 10.7. The van der Waals surface area contributed by atoms with Crippen LogP contribution in [0.1, 0.15) is 41.1 Å². The van der Waals surface area contributed by atoms with E-state index in [-0.39, 0.29) is 6.10 Å². The molecule has 1 aliphatic rings. The largest absolute Gasteiger partial charge is 0.372 e. The number of aryl methyl sites for hydroxylation is 2. The van der Waals surface area contributed by atoms with Gasteiger partial charge in [0.25, 0.3) is 0 Å². The summed E-state index contributed by atoms with van der Waals surface area (Å²) in [5, 5.41) is 3.62. The lowest BCUT2D eigenvalue weighted by molar-refractivity contribution is -0.00360. The molecule has 0 aliphatic carbocycles. The molecule has 0 spiro atoms. The van der Waals surface area contributed by atoms with Gasteiger partial charge in [-0.25, -0.2) is 0 Å². The lowest BCUT2D eigenvalue weighted by Crippen LogP contribution is -2.39. The van der Waals surface area contributed by atoms with Gasteiger partial charge in [-0.05, 0) is 44.4 Å². The van der Waals surface area contributed by atoms with Crippen LogP contribution >= 0.6 is 0 Å². The van der Waals surface area contributed by atoms with E-state index >= 15 is 0 Å². The van der Waals surface area contributed by atoms with Gasteiger partial charge in [-0.15, -0.1) is 0 Å². The molecule has 0 radical (unpaired) electrons. The molecule has 0 unspecified atom stereocenters. The van der Waals surface area contributed by atoms with Gasteiger partial charge >= 0.3 is 0 Å². The number of hydrogen-bond acceptors (Lipinski definition) is 2. The van der Waals surface area contributed by atoms with Gasteiger partial charge < -0.3 is 10.1 Å². The number of benzene rings is 2. The summed E-state index contributed by atoms with van der Waals surface area (Å²) in [7, 11) is 0. The van der Waals surface area contributed by atoms with Crippen LogP contribution in [0.5, 0.6) is 0 Å². The van der Waals surface area contributed by atoms with E-state index in [1.807, 2.05) is 0 Å². The topological polar surface area (TPSA) is 21.3 Å². The summed E-state index contributed by atoms with van der Waals surface area (Å²) >= 11 is 0. The Morgan fingerprint density at radius 2 is 1.77 bits per heavy atom. The van der Waals surface area contributed by atoms with Gasteiger partial charge in [0.1, 0.15) is 0 Å². The molecule has 2 atom stereocenters. The van der Waals surface area contributed by atoms with Crippen molar-refractivity contribution in [2.45, 2.75) is 45.4 Å². The van der Waals surface area contributed by atoms with Gasteiger partial charge in [0.2, 0.25) is 0 Å². The second-order valence-corrected chi connectivity index (χ2v) is 6.33. The van der Waals surface area contributed by atoms with E-state index in [4.69, 9.17) is 4.74 Å². The number of rotatable bonds is 4. The highest BCUT2D eigenvalue weighted by Crippen LogP contribution is 2.27. The normalized spacial score (nSPS) is 21.7. The molecule has 3 rings (SSSR count). The van der Waals surface area contributed by atoms with E-state index in [1.54, 1.807) is 0 Å². The van der Waals surface area contributed by atoms with Crippen LogP contribution in [-0.2, 0) is 11.3 Å². The van der Waals surface area contributed by atoms with E-state index in [0.29, 0.717) is 12.6 Å². The van der Waals surface area contributed by atoms with E-state index in [2.05, 4.69) is 67.7 Å². The van der Waals surface area contributed by atoms with Crippen LogP contribution < -0.4 is 5.32 Å². The Kier molecular flexibility index (Phi) is 4.91. The average Bonchev–Trinajstić information content (AvgIpc) is 2.53. The maximum atomic E-state index is 6.28. The van der Waals surface area contributed by atoms with Crippen molar-refractivity contribution in [1.29, 1.82) is 0 Å². The van der Waals surface area contributed by atoms with Crippen LogP contribution in [0.3, 0.4) is 0 Å². The first-order valence-electron chi connectivity index (χ1n) is 8.19. The van der Waals surface area contributed by atoms with Gasteiger partial charge in [-0.2, -0.15) is 0 Å². The lowest BCUT2D eigenvalue weighted by Gasteiger charge is -2.33. The van der Waals surface area contributed by atoms with Crippen LogP contribution in [0.25, 0.3) is 0 Å².